The fraction of sp³-hybridized carbons (Fsp3) is 0.857. The van der Waals surface area contributed by atoms with Crippen LogP contribution in [0, 0.1) is 11.3 Å². The number of nitrogens with one attached hydrogen (secondary N) is 1. The van der Waals surface area contributed by atoms with Gasteiger partial charge in [0.2, 0.25) is 5.91 Å². The third-order valence-electron chi connectivity index (χ3n) is 4.25. The SMILES string of the molecule is CC(C)(C(=O)NC1(C#N)CCCCCCC1)S(C)(=O)=O. The fourth-order valence-electron chi connectivity index (χ4n) is 2.31. The molecule has 0 spiro atoms. The minimum Gasteiger partial charge on any atom is -0.336 e. The Morgan fingerprint density at radius 1 is 1.15 bits per heavy atom. The second kappa shape index (κ2) is 6.13. The van der Waals surface area contributed by atoms with E-state index >= 15 is 0 Å². The van der Waals surface area contributed by atoms with Gasteiger partial charge in [0.25, 0.3) is 0 Å². The number of hydrogen-bond acceptors (Lipinski definition) is 4. The lowest BCUT2D eigenvalue weighted by atomic mass is 9.84. The van der Waals surface area contributed by atoms with Crippen molar-refractivity contribution >= 4 is 15.7 Å². The summed E-state index contributed by atoms with van der Waals surface area (Å²) in [4.78, 5) is 12.3. The van der Waals surface area contributed by atoms with Gasteiger partial charge in [-0.15, -0.1) is 0 Å². The van der Waals surface area contributed by atoms with Crippen molar-refractivity contribution in [1.82, 2.24) is 5.32 Å². The number of hydrogen-bond donors (Lipinski definition) is 1. The van der Waals surface area contributed by atoms with E-state index in [1.165, 1.54) is 13.8 Å². The molecule has 0 bridgehead atoms. The van der Waals surface area contributed by atoms with Gasteiger partial charge >= 0.3 is 0 Å². The van der Waals surface area contributed by atoms with Gasteiger partial charge in [-0.3, -0.25) is 4.79 Å². The third-order valence-corrected chi connectivity index (χ3v) is 6.29. The highest BCUT2D eigenvalue weighted by molar-refractivity contribution is 7.92. The van der Waals surface area contributed by atoms with Crippen molar-refractivity contribution in [3.8, 4) is 6.07 Å². The van der Waals surface area contributed by atoms with Crippen LogP contribution in [0.25, 0.3) is 0 Å². The molecule has 1 saturated carbocycles. The molecule has 1 fully saturated rings. The number of carbonyl (C=O) groups is 1. The highest BCUT2D eigenvalue weighted by Crippen LogP contribution is 2.27. The van der Waals surface area contributed by atoms with Crippen molar-refractivity contribution in [3.63, 3.8) is 0 Å². The van der Waals surface area contributed by atoms with Crippen molar-refractivity contribution in [3.05, 3.63) is 0 Å². The first kappa shape index (κ1) is 17.0. The Labute approximate surface area is 121 Å². The molecule has 5 nitrogen and oxygen atoms in total. The van der Waals surface area contributed by atoms with Crippen LogP contribution >= 0.6 is 0 Å². The van der Waals surface area contributed by atoms with Crippen molar-refractivity contribution in [1.29, 1.82) is 5.26 Å². The molecular weight excluding hydrogens is 276 g/mol. The van der Waals surface area contributed by atoms with Crippen LogP contribution in [0.15, 0.2) is 0 Å². The largest absolute Gasteiger partial charge is 0.336 e. The molecule has 1 rings (SSSR count). The Bertz CT molecular complexity index is 495. The Kier molecular flexibility index (Phi) is 5.20. The highest BCUT2D eigenvalue weighted by atomic mass is 32.2. The summed E-state index contributed by atoms with van der Waals surface area (Å²) in [6.07, 6.45) is 7.25. The summed E-state index contributed by atoms with van der Waals surface area (Å²) in [5, 5.41) is 12.2. The zero-order valence-electron chi connectivity index (χ0n) is 12.5. The van der Waals surface area contributed by atoms with Crippen molar-refractivity contribution in [2.24, 2.45) is 0 Å². The van der Waals surface area contributed by atoms with Gasteiger partial charge in [0.15, 0.2) is 9.84 Å². The van der Waals surface area contributed by atoms with E-state index in [1.54, 1.807) is 0 Å². The predicted molar refractivity (Wildman–Crippen MR) is 77.7 cm³/mol. The van der Waals surface area contributed by atoms with Gasteiger partial charge in [0.05, 0.1) is 6.07 Å². The van der Waals surface area contributed by atoms with Gasteiger partial charge in [0.1, 0.15) is 10.3 Å². The number of nitriles is 1. The third kappa shape index (κ3) is 3.72. The van der Waals surface area contributed by atoms with Crippen molar-refractivity contribution in [2.45, 2.75) is 69.1 Å². The Morgan fingerprint density at radius 3 is 2.00 bits per heavy atom. The molecule has 1 N–H and O–H groups in total. The minimum absolute atomic E-state index is 0.581. The van der Waals surface area contributed by atoms with Crippen LogP contribution in [0.2, 0.25) is 0 Å². The topological polar surface area (TPSA) is 87.0 Å². The average Bonchev–Trinajstić information content (AvgIpc) is 2.31. The normalized spacial score (nSPS) is 20.3. The Hall–Kier alpha value is -1.09. The average molecular weight is 300 g/mol. The molecule has 1 aliphatic rings. The molecule has 0 unspecified atom stereocenters. The molecule has 1 amide bonds. The summed E-state index contributed by atoms with van der Waals surface area (Å²) in [6, 6.07) is 2.21. The number of carbonyl (C=O) groups excluding carboxylic acids is 1. The number of amides is 1. The van der Waals surface area contributed by atoms with E-state index in [0.29, 0.717) is 12.8 Å². The smallest absolute Gasteiger partial charge is 0.242 e. The van der Waals surface area contributed by atoms with E-state index in [0.717, 1.165) is 38.4 Å². The van der Waals surface area contributed by atoms with Crippen LogP contribution in [0.5, 0.6) is 0 Å². The standard InChI is InChI=1S/C14H24N2O3S/c1-13(2,20(3,18)19)12(17)16-14(11-15)9-7-5-4-6-8-10-14/h4-10H2,1-3H3,(H,16,17). The van der Waals surface area contributed by atoms with Crippen LogP contribution in [-0.2, 0) is 14.6 Å². The molecule has 20 heavy (non-hydrogen) atoms. The van der Waals surface area contributed by atoms with Gasteiger partial charge in [-0.05, 0) is 26.7 Å². The van der Waals surface area contributed by atoms with Crippen LogP contribution < -0.4 is 5.32 Å². The highest BCUT2D eigenvalue weighted by Gasteiger charge is 2.42. The number of nitrogens with zero attached hydrogens (tertiary/aromatic N) is 1. The molecule has 114 valence electrons. The maximum atomic E-state index is 12.3. The van der Waals surface area contributed by atoms with E-state index in [9.17, 15) is 18.5 Å². The monoisotopic (exact) mass is 300 g/mol. The lowest BCUT2D eigenvalue weighted by Gasteiger charge is -2.33. The maximum absolute atomic E-state index is 12.3. The molecule has 0 aromatic rings. The van der Waals surface area contributed by atoms with Crippen LogP contribution in [0.1, 0.15) is 58.8 Å². The lowest BCUT2D eigenvalue weighted by Crippen LogP contribution is -2.56. The summed E-state index contributed by atoms with van der Waals surface area (Å²) in [7, 11) is -3.53. The van der Waals surface area contributed by atoms with Crippen LogP contribution in [-0.4, -0.2) is 30.9 Å². The van der Waals surface area contributed by atoms with Crippen LogP contribution in [0.3, 0.4) is 0 Å². The first-order chi connectivity index (χ1) is 9.15. The van der Waals surface area contributed by atoms with Gasteiger partial charge < -0.3 is 5.32 Å². The fourth-order valence-corrected chi connectivity index (χ4v) is 2.70. The summed E-state index contributed by atoms with van der Waals surface area (Å²) < 4.78 is 21.9. The molecule has 0 atom stereocenters. The number of rotatable bonds is 3. The molecule has 0 aromatic heterocycles. The van der Waals surface area contributed by atoms with Crippen molar-refractivity contribution < 1.29 is 13.2 Å². The van der Waals surface area contributed by atoms with Crippen molar-refractivity contribution in [2.75, 3.05) is 6.26 Å². The Balaban J connectivity index is 2.92. The zero-order chi connectivity index (χ0) is 15.4. The summed E-state index contributed by atoms with van der Waals surface area (Å²) >= 11 is 0. The van der Waals surface area contributed by atoms with Gasteiger partial charge in [-0.1, -0.05) is 32.1 Å². The molecule has 0 aromatic carbocycles. The summed E-state index contributed by atoms with van der Waals surface area (Å²) in [5.74, 6) is -0.581. The first-order valence-corrected chi connectivity index (χ1v) is 8.97. The summed E-state index contributed by atoms with van der Waals surface area (Å²) in [5.41, 5.74) is -0.917. The molecular formula is C14H24N2O3S. The van der Waals surface area contributed by atoms with Gasteiger partial charge in [-0.2, -0.15) is 5.26 Å². The number of sulfone groups is 1. The van der Waals surface area contributed by atoms with E-state index in [4.69, 9.17) is 0 Å². The Morgan fingerprint density at radius 2 is 1.60 bits per heavy atom. The first-order valence-electron chi connectivity index (χ1n) is 7.08. The maximum Gasteiger partial charge on any atom is 0.242 e. The quantitative estimate of drug-likeness (QED) is 0.862. The second-order valence-electron chi connectivity index (χ2n) is 6.20. The van der Waals surface area contributed by atoms with E-state index in [1.807, 2.05) is 0 Å². The lowest BCUT2D eigenvalue weighted by molar-refractivity contribution is -0.124. The molecule has 0 radical (unpaired) electrons. The molecule has 1 aliphatic carbocycles. The molecule has 6 heteroatoms. The van der Waals surface area contributed by atoms with E-state index < -0.39 is 26.0 Å². The molecule has 0 heterocycles. The zero-order valence-corrected chi connectivity index (χ0v) is 13.3. The van der Waals surface area contributed by atoms with E-state index in [2.05, 4.69) is 11.4 Å². The minimum atomic E-state index is -3.53. The second-order valence-corrected chi connectivity index (χ2v) is 8.76. The van der Waals surface area contributed by atoms with Crippen LogP contribution in [0.4, 0.5) is 0 Å². The molecule has 0 aliphatic heterocycles. The van der Waals surface area contributed by atoms with Gasteiger partial charge in [0, 0.05) is 6.26 Å². The van der Waals surface area contributed by atoms with E-state index in [-0.39, 0.29) is 0 Å². The molecule has 0 saturated heterocycles. The van der Waals surface area contributed by atoms with Gasteiger partial charge in [-0.25, -0.2) is 8.42 Å². The summed E-state index contributed by atoms with van der Waals surface area (Å²) in [6.45, 7) is 2.76. The predicted octanol–water partition coefficient (Wildman–Crippen LogP) is 1.93.